The van der Waals surface area contributed by atoms with Gasteiger partial charge in [0.15, 0.2) is 0 Å². The lowest BCUT2D eigenvalue weighted by Gasteiger charge is -2.16. The van der Waals surface area contributed by atoms with Crippen molar-refractivity contribution in [2.45, 2.75) is 12.5 Å². The SMILES string of the molecule is NNC(Cc1ccc(Cl)c(F)c1)c1ccc(Cl)nc1. The monoisotopic (exact) mass is 299 g/mol. The average Bonchev–Trinajstić information content (AvgIpc) is 2.41. The first-order chi connectivity index (χ1) is 9.10. The Balaban J connectivity index is 2.18. The molecule has 0 aliphatic carbocycles. The Morgan fingerprint density at radius 2 is 2.05 bits per heavy atom. The van der Waals surface area contributed by atoms with E-state index in [1.165, 1.54) is 12.1 Å². The molecule has 100 valence electrons. The molecule has 3 N–H and O–H groups in total. The Morgan fingerprint density at radius 3 is 2.63 bits per heavy atom. The van der Waals surface area contributed by atoms with Gasteiger partial charge in [0.05, 0.1) is 11.1 Å². The van der Waals surface area contributed by atoms with Crippen LogP contribution in [0, 0.1) is 5.82 Å². The molecule has 19 heavy (non-hydrogen) atoms. The third-order valence-electron chi connectivity index (χ3n) is 2.78. The van der Waals surface area contributed by atoms with Crippen LogP contribution in [-0.2, 0) is 6.42 Å². The molecule has 1 aromatic heterocycles. The van der Waals surface area contributed by atoms with E-state index in [2.05, 4.69) is 10.4 Å². The van der Waals surface area contributed by atoms with Gasteiger partial charge in [0.25, 0.3) is 0 Å². The summed E-state index contributed by atoms with van der Waals surface area (Å²) < 4.78 is 13.4. The molecule has 0 radical (unpaired) electrons. The van der Waals surface area contributed by atoms with E-state index in [4.69, 9.17) is 29.0 Å². The lowest BCUT2D eigenvalue weighted by molar-refractivity contribution is 0.547. The molecule has 1 heterocycles. The molecule has 0 aliphatic heterocycles. The van der Waals surface area contributed by atoms with Crippen LogP contribution in [0.2, 0.25) is 10.2 Å². The van der Waals surface area contributed by atoms with Gasteiger partial charge in [-0.3, -0.25) is 11.3 Å². The number of hydrogen-bond donors (Lipinski definition) is 2. The highest BCUT2D eigenvalue weighted by Crippen LogP contribution is 2.21. The number of aromatic nitrogens is 1. The summed E-state index contributed by atoms with van der Waals surface area (Å²) >= 11 is 11.4. The van der Waals surface area contributed by atoms with E-state index in [-0.39, 0.29) is 11.1 Å². The molecule has 1 unspecified atom stereocenters. The predicted octanol–water partition coefficient (Wildman–Crippen LogP) is 3.27. The molecule has 0 spiro atoms. The maximum absolute atomic E-state index is 13.4. The number of benzene rings is 1. The number of hydrazine groups is 1. The minimum absolute atomic E-state index is 0.106. The Kier molecular flexibility index (Phi) is 4.71. The van der Waals surface area contributed by atoms with Crippen molar-refractivity contribution in [3.63, 3.8) is 0 Å². The lowest BCUT2D eigenvalue weighted by Crippen LogP contribution is -2.29. The first-order valence-electron chi connectivity index (χ1n) is 5.61. The molecule has 0 amide bonds. The van der Waals surface area contributed by atoms with E-state index in [1.807, 2.05) is 6.07 Å². The minimum Gasteiger partial charge on any atom is -0.271 e. The quantitative estimate of drug-likeness (QED) is 0.517. The number of nitrogens with one attached hydrogen (secondary N) is 1. The summed E-state index contributed by atoms with van der Waals surface area (Å²) in [5, 5.41) is 0.520. The van der Waals surface area contributed by atoms with Gasteiger partial charge in [0, 0.05) is 6.20 Å². The summed E-state index contributed by atoms with van der Waals surface area (Å²) in [4.78, 5) is 4.00. The fraction of sp³-hybridized carbons (Fsp3) is 0.154. The van der Waals surface area contributed by atoms with Crippen LogP contribution in [0.5, 0.6) is 0 Å². The Labute approximate surface area is 120 Å². The third-order valence-corrected chi connectivity index (χ3v) is 3.31. The minimum atomic E-state index is -0.441. The van der Waals surface area contributed by atoms with Crippen molar-refractivity contribution in [2.24, 2.45) is 5.84 Å². The highest BCUT2D eigenvalue weighted by molar-refractivity contribution is 6.30. The van der Waals surface area contributed by atoms with Gasteiger partial charge >= 0.3 is 0 Å². The van der Waals surface area contributed by atoms with Crippen LogP contribution in [0.4, 0.5) is 4.39 Å². The van der Waals surface area contributed by atoms with E-state index in [1.54, 1.807) is 18.3 Å². The van der Waals surface area contributed by atoms with Gasteiger partial charge in [0.2, 0.25) is 0 Å². The summed E-state index contributed by atoms with van der Waals surface area (Å²) in [5.74, 6) is 5.09. The van der Waals surface area contributed by atoms with E-state index >= 15 is 0 Å². The number of rotatable bonds is 4. The van der Waals surface area contributed by atoms with Gasteiger partial charge in [-0.1, -0.05) is 35.3 Å². The highest BCUT2D eigenvalue weighted by atomic mass is 35.5. The number of nitrogens with two attached hydrogens (primary N) is 1. The second-order valence-corrected chi connectivity index (χ2v) is 4.88. The maximum Gasteiger partial charge on any atom is 0.142 e. The van der Waals surface area contributed by atoms with Crippen molar-refractivity contribution < 1.29 is 4.39 Å². The molecule has 6 heteroatoms. The molecule has 3 nitrogen and oxygen atoms in total. The van der Waals surface area contributed by atoms with E-state index < -0.39 is 5.82 Å². The number of halogens is 3. The predicted molar refractivity (Wildman–Crippen MR) is 74.4 cm³/mol. The molecule has 0 aliphatic rings. The standard InChI is InChI=1S/C13H12Cl2FN3/c14-10-3-1-8(5-11(10)16)6-12(19-17)9-2-4-13(15)18-7-9/h1-5,7,12,19H,6,17H2. The topological polar surface area (TPSA) is 50.9 Å². The highest BCUT2D eigenvalue weighted by Gasteiger charge is 2.12. The summed E-state index contributed by atoms with van der Waals surface area (Å²) in [6.07, 6.45) is 2.16. The zero-order chi connectivity index (χ0) is 13.8. The molecule has 2 aromatic rings. The van der Waals surface area contributed by atoms with Crippen molar-refractivity contribution in [2.75, 3.05) is 0 Å². The molecule has 0 bridgehead atoms. The molecule has 0 fully saturated rings. The van der Waals surface area contributed by atoms with E-state index in [9.17, 15) is 4.39 Å². The smallest absolute Gasteiger partial charge is 0.142 e. The van der Waals surface area contributed by atoms with Crippen LogP contribution in [-0.4, -0.2) is 4.98 Å². The number of pyridine rings is 1. The Morgan fingerprint density at radius 1 is 1.26 bits per heavy atom. The molecular formula is C13H12Cl2FN3. The van der Waals surface area contributed by atoms with Crippen molar-refractivity contribution in [3.05, 3.63) is 63.6 Å². The molecular weight excluding hydrogens is 288 g/mol. The van der Waals surface area contributed by atoms with Gasteiger partial charge < -0.3 is 0 Å². The second kappa shape index (κ2) is 6.30. The van der Waals surface area contributed by atoms with Crippen LogP contribution < -0.4 is 11.3 Å². The zero-order valence-electron chi connectivity index (χ0n) is 9.91. The molecule has 2 rings (SSSR count). The first-order valence-corrected chi connectivity index (χ1v) is 6.37. The van der Waals surface area contributed by atoms with Crippen LogP contribution in [0.1, 0.15) is 17.2 Å². The molecule has 1 aromatic carbocycles. The molecule has 1 atom stereocenters. The molecule has 0 saturated carbocycles. The van der Waals surface area contributed by atoms with Gasteiger partial charge in [0.1, 0.15) is 11.0 Å². The summed E-state index contributed by atoms with van der Waals surface area (Å²) in [6, 6.07) is 8.02. The van der Waals surface area contributed by atoms with E-state index in [0.717, 1.165) is 11.1 Å². The van der Waals surface area contributed by atoms with Gasteiger partial charge in [-0.15, -0.1) is 0 Å². The van der Waals surface area contributed by atoms with Gasteiger partial charge in [-0.2, -0.15) is 0 Å². The normalized spacial score (nSPS) is 12.4. The lowest BCUT2D eigenvalue weighted by atomic mass is 10.0. The largest absolute Gasteiger partial charge is 0.271 e. The van der Waals surface area contributed by atoms with Crippen LogP contribution >= 0.6 is 23.2 Å². The maximum atomic E-state index is 13.4. The van der Waals surface area contributed by atoms with Crippen LogP contribution in [0.15, 0.2) is 36.5 Å². The van der Waals surface area contributed by atoms with Gasteiger partial charge in [-0.05, 0) is 35.7 Å². The molecule has 0 saturated heterocycles. The third kappa shape index (κ3) is 3.64. The zero-order valence-corrected chi connectivity index (χ0v) is 11.4. The Bertz CT molecular complexity index is 560. The van der Waals surface area contributed by atoms with Crippen molar-refractivity contribution >= 4 is 23.2 Å². The van der Waals surface area contributed by atoms with Crippen molar-refractivity contribution in [3.8, 4) is 0 Å². The fourth-order valence-corrected chi connectivity index (χ4v) is 2.00. The Hall–Kier alpha value is -1.20. The van der Waals surface area contributed by atoms with Crippen molar-refractivity contribution in [1.82, 2.24) is 10.4 Å². The van der Waals surface area contributed by atoms with Gasteiger partial charge in [-0.25, -0.2) is 9.37 Å². The first kappa shape index (κ1) is 14.2. The van der Waals surface area contributed by atoms with E-state index in [0.29, 0.717) is 11.6 Å². The number of hydrogen-bond acceptors (Lipinski definition) is 3. The van der Waals surface area contributed by atoms with Crippen molar-refractivity contribution in [1.29, 1.82) is 0 Å². The summed E-state index contributed by atoms with van der Waals surface area (Å²) in [5.41, 5.74) is 4.35. The summed E-state index contributed by atoms with van der Waals surface area (Å²) in [7, 11) is 0. The summed E-state index contributed by atoms with van der Waals surface area (Å²) in [6.45, 7) is 0. The van der Waals surface area contributed by atoms with Crippen LogP contribution in [0.25, 0.3) is 0 Å². The second-order valence-electron chi connectivity index (χ2n) is 4.09. The average molecular weight is 300 g/mol. The number of nitrogens with zero attached hydrogens (tertiary/aromatic N) is 1. The van der Waals surface area contributed by atoms with Crippen LogP contribution in [0.3, 0.4) is 0 Å². The fourth-order valence-electron chi connectivity index (χ4n) is 1.77.